The van der Waals surface area contributed by atoms with Crippen molar-refractivity contribution in [2.45, 2.75) is 19.4 Å². The van der Waals surface area contributed by atoms with Crippen LogP contribution in [0.1, 0.15) is 12.0 Å². The molecule has 1 heterocycles. The molecule has 3 N–H and O–H groups in total. The fourth-order valence-corrected chi connectivity index (χ4v) is 1.91. The predicted molar refractivity (Wildman–Crippen MR) is 96.9 cm³/mol. The molecule has 1 aromatic heterocycles. The molecule has 0 aliphatic rings. The number of nitrogens with one attached hydrogen (secondary N) is 1. The summed E-state index contributed by atoms with van der Waals surface area (Å²) in [5.74, 6) is 0.520. The van der Waals surface area contributed by atoms with Gasteiger partial charge in [0.05, 0.1) is 6.33 Å². The van der Waals surface area contributed by atoms with E-state index in [-0.39, 0.29) is 24.0 Å². The van der Waals surface area contributed by atoms with Crippen LogP contribution in [0, 0.1) is 0 Å². The summed E-state index contributed by atoms with van der Waals surface area (Å²) in [5.41, 5.74) is 7.12. The summed E-state index contributed by atoms with van der Waals surface area (Å²) < 4.78 is 2.04. The number of imidazole rings is 1. The van der Waals surface area contributed by atoms with E-state index < -0.39 is 0 Å². The Hall–Kier alpha value is -1.57. The normalized spacial score (nSPS) is 11.0. The molecule has 0 bridgehead atoms. The molecular formula is C15H22IN5. The Labute approximate surface area is 142 Å². The molecule has 0 saturated carbocycles. The zero-order valence-corrected chi connectivity index (χ0v) is 14.3. The Balaban J connectivity index is 0.00000220. The van der Waals surface area contributed by atoms with Gasteiger partial charge in [0.15, 0.2) is 5.96 Å². The van der Waals surface area contributed by atoms with Gasteiger partial charge in [-0.15, -0.1) is 24.0 Å². The van der Waals surface area contributed by atoms with Crippen LogP contribution in [0.4, 0.5) is 0 Å². The molecule has 2 rings (SSSR count). The summed E-state index contributed by atoms with van der Waals surface area (Å²) in [4.78, 5) is 8.30. The third-order valence-electron chi connectivity index (χ3n) is 2.98. The van der Waals surface area contributed by atoms with Gasteiger partial charge >= 0.3 is 0 Å². The average Bonchev–Trinajstić information content (AvgIpc) is 2.98. The highest BCUT2D eigenvalue weighted by molar-refractivity contribution is 14.0. The zero-order valence-electron chi connectivity index (χ0n) is 12.0. The van der Waals surface area contributed by atoms with E-state index in [1.165, 1.54) is 5.56 Å². The summed E-state index contributed by atoms with van der Waals surface area (Å²) in [6, 6.07) is 10.3. The summed E-state index contributed by atoms with van der Waals surface area (Å²) in [6.45, 7) is 2.45. The number of aromatic nitrogens is 2. The van der Waals surface area contributed by atoms with Crippen molar-refractivity contribution in [2.75, 3.05) is 13.1 Å². The summed E-state index contributed by atoms with van der Waals surface area (Å²) >= 11 is 0. The minimum atomic E-state index is 0. The molecule has 2 aromatic rings. The van der Waals surface area contributed by atoms with Crippen LogP contribution < -0.4 is 11.1 Å². The van der Waals surface area contributed by atoms with Gasteiger partial charge < -0.3 is 15.6 Å². The van der Waals surface area contributed by atoms with Gasteiger partial charge in [0, 0.05) is 32.0 Å². The molecule has 0 unspecified atom stereocenters. The van der Waals surface area contributed by atoms with Gasteiger partial charge in [-0.25, -0.2) is 4.98 Å². The van der Waals surface area contributed by atoms with E-state index in [4.69, 9.17) is 5.73 Å². The fourth-order valence-electron chi connectivity index (χ4n) is 1.91. The largest absolute Gasteiger partial charge is 0.370 e. The van der Waals surface area contributed by atoms with Crippen molar-refractivity contribution in [3.8, 4) is 0 Å². The standard InChI is InChI=1S/C15H21N5.HI/c16-15(18-8-4-11-20-12-10-17-13-20)19-9-7-14-5-2-1-3-6-14;/h1-3,5-6,10,12-13H,4,7-9,11H2,(H3,16,18,19);1H. The second kappa shape index (κ2) is 10.2. The molecule has 6 heteroatoms. The van der Waals surface area contributed by atoms with Crippen LogP contribution in [-0.2, 0) is 13.0 Å². The molecule has 0 spiro atoms. The lowest BCUT2D eigenvalue weighted by atomic mass is 10.1. The lowest BCUT2D eigenvalue weighted by Gasteiger charge is -2.06. The summed E-state index contributed by atoms with van der Waals surface area (Å²) in [6.07, 6.45) is 7.45. The Kier molecular flexibility index (Phi) is 8.49. The highest BCUT2D eigenvalue weighted by Gasteiger charge is 1.94. The molecule has 0 aliphatic heterocycles. The summed E-state index contributed by atoms with van der Waals surface area (Å²) in [7, 11) is 0. The van der Waals surface area contributed by atoms with Gasteiger partial charge in [-0.05, 0) is 18.4 Å². The predicted octanol–water partition coefficient (Wildman–Crippen LogP) is 2.04. The van der Waals surface area contributed by atoms with Crippen LogP contribution in [0.15, 0.2) is 54.0 Å². The first-order valence-corrected chi connectivity index (χ1v) is 6.88. The van der Waals surface area contributed by atoms with Crippen LogP contribution in [0.5, 0.6) is 0 Å². The minimum Gasteiger partial charge on any atom is -0.370 e. The highest BCUT2D eigenvalue weighted by Crippen LogP contribution is 1.98. The first-order chi connectivity index (χ1) is 9.84. The van der Waals surface area contributed by atoms with Crippen molar-refractivity contribution < 1.29 is 0 Å². The van der Waals surface area contributed by atoms with E-state index in [2.05, 4.69) is 27.4 Å². The monoisotopic (exact) mass is 399 g/mol. The lowest BCUT2D eigenvalue weighted by molar-refractivity contribution is 0.649. The van der Waals surface area contributed by atoms with E-state index >= 15 is 0 Å². The van der Waals surface area contributed by atoms with E-state index in [0.717, 1.165) is 32.5 Å². The van der Waals surface area contributed by atoms with Gasteiger partial charge in [-0.1, -0.05) is 30.3 Å². The van der Waals surface area contributed by atoms with Crippen molar-refractivity contribution >= 4 is 29.9 Å². The topological polar surface area (TPSA) is 68.2 Å². The highest BCUT2D eigenvalue weighted by atomic mass is 127. The van der Waals surface area contributed by atoms with Gasteiger partial charge in [-0.3, -0.25) is 4.99 Å². The average molecular weight is 399 g/mol. The van der Waals surface area contributed by atoms with Crippen LogP contribution >= 0.6 is 24.0 Å². The maximum absolute atomic E-state index is 5.82. The van der Waals surface area contributed by atoms with Crippen LogP contribution in [-0.4, -0.2) is 28.6 Å². The third-order valence-corrected chi connectivity index (χ3v) is 2.98. The molecular weight excluding hydrogens is 377 g/mol. The van der Waals surface area contributed by atoms with Crippen molar-refractivity contribution in [3.05, 3.63) is 54.6 Å². The third kappa shape index (κ3) is 7.12. The number of benzene rings is 1. The number of hydrogen-bond donors (Lipinski definition) is 2. The number of rotatable bonds is 7. The van der Waals surface area contributed by atoms with E-state index in [1.807, 2.05) is 35.3 Å². The Morgan fingerprint density at radius 3 is 2.81 bits per heavy atom. The van der Waals surface area contributed by atoms with Crippen molar-refractivity contribution in [1.82, 2.24) is 14.9 Å². The number of aliphatic imine (C=N–C) groups is 1. The molecule has 114 valence electrons. The quantitative estimate of drug-likeness (QED) is 0.324. The van der Waals surface area contributed by atoms with Gasteiger partial charge in [0.1, 0.15) is 0 Å². The van der Waals surface area contributed by atoms with Crippen LogP contribution in [0.3, 0.4) is 0 Å². The Bertz CT molecular complexity index is 510. The second-order valence-electron chi connectivity index (χ2n) is 4.58. The molecule has 0 radical (unpaired) electrons. The molecule has 0 aliphatic carbocycles. The Morgan fingerprint density at radius 2 is 2.10 bits per heavy atom. The van der Waals surface area contributed by atoms with Crippen LogP contribution in [0.2, 0.25) is 0 Å². The molecule has 0 saturated heterocycles. The van der Waals surface area contributed by atoms with Crippen LogP contribution in [0.25, 0.3) is 0 Å². The van der Waals surface area contributed by atoms with Gasteiger partial charge in [0.25, 0.3) is 0 Å². The smallest absolute Gasteiger partial charge is 0.188 e. The number of aryl methyl sites for hydroxylation is 1. The van der Waals surface area contributed by atoms with Crippen molar-refractivity contribution in [3.63, 3.8) is 0 Å². The molecule has 21 heavy (non-hydrogen) atoms. The van der Waals surface area contributed by atoms with Crippen molar-refractivity contribution in [2.24, 2.45) is 10.7 Å². The van der Waals surface area contributed by atoms with E-state index in [0.29, 0.717) is 5.96 Å². The number of hydrogen-bond acceptors (Lipinski definition) is 2. The lowest BCUT2D eigenvalue weighted by Crippen LogP contribution is -2.33. The number of guanidine groups is 1. The first kappa shape index (κ1) is 17.5. The maximum Gasteiger partial charge on any atom is 0.188 e. The van der Waals surface area contributed by atoms with Crippen molar-refractivity contribution in [1.29, 1.82) is 0 Å². The maximum atomic E-state index is 5.82. The summed E-state index contributed by atoms with van der Waals surface area (Å²) in [5, 5.41) is 3.13. The van der Waals surface area contributed by atoms with Gasteiger partial charge in [0.2, 0.25) is 0 Å². The van der Waals surface area contributed by atoms with Gasteiger partial charge in [-0.2, -0.15) is 0 Å². The second-order valence-corrected chi connectivity index (χ2v) is 4.58. The molecule has 5 nitrogen and oxygen atoms in total. The molecule has 0 atom stereocenters. The first-order valence-electron chi connectivity index (χ1n) is 6.88. The fraction of sp³-hybridized carbons (Fsp3) is 0.333. The number of halogens is 1. The van der Waals surface area contributed by atoms with E-state index in [9.17, 15) is 0 Å². The minimum absolute atomic E-state index is 0. The zero-order chi connectivity index (χ0) is 14.0. The molecule has 1 aromatic carbocycles. The number of nitrogens with two attached hydrogens (primary N) is 1. The Morgan fingerprint density at radius 1 is 1.29 bits per heavy atom. The molecule has 0 fully saturated rings. The SMILES string of the molecule is I.NC(=NCCCn1ccnc1)NCCc1ccccc1. The number of nitrogens with zero attached hydrogens (tertiary/aromatic N) is 3. The molecule has 0 amide bonds. The van der Waals surface area contributed by atoms with E-state index in [1.54, 1.807) is 6.20 Å².